The molecule has 0 heterocycles. The summed E-state index contributed by atoms with van der Waals surface area (Å²) in [6.07, 6.45) is 5.35. The highest BCUT2D eigenvalue weighted by Gasteiger charge is 2.15. The maximum atomic E-state index is 11.1. The third-order valence-electron chi connectivity index (χ3n) is 2.44. The molecule has 0 aromatic heterocycles. The number of nitrogens with one attached hydrogen (secondary N) is 1. The van der Waals surface area contributed by atoms with Crippen LogP contribution in [0.15, 0.2) is 0 Å². The number of ether oxygens (including phenoxy) is 1. The van der Waals surface area contributed by atoms with Crippen molar-refractivity contribution in [2.75, 3.05) is 13.2 Å². The first-order valence-corrected chi connectivity index (χ1v) is 5.79. The average Bonchev–Trinajstić information content (AvgIpc) is 2.64. The van der Waals surface area contributed by atoms with E-state index < -0.39 is 0 Å². The highest BCUT2D eigenvalue weighted by molar-refractivity contribution is 7.81. The van der Waals surface area contributed by atoms with Crippen LogP contribution in [0.4, 0.5) is 0 Å². The zero-order valence-corrected chi connectivity index (χ0v) is 9.56. The maximum absolute atomic E-state index is 11.1. The number of carbonyl (C=O) groups is 1. The van der Waals surface area contributed by atoms with Crippen molar-refractivity contribution in [2.45, 2.75) is 44.0 Å². The molecule has 1 rings (SSSR count). The minimum atomic E-state index is -0.235. The van der Waals surface area contributed by atoms with Gasteiger partial charge in [0, 0.05) is 6.54 Å². The van der Waals surface area contributed by atoms with Crippen molar-refractivity contribution in [3.05, 3.63) is 0 Å². The van der Waals surface area contributed by atoms with E-state index >= 15 is 0 Å². The van der Waals surface area contributed by atoms with Gasteiger partial charge in [0.25, 0.3) is 0 Å². The number of rotatable bonds is 5. The number of carbonyl (C=O) groups excluding carboxylic acids is 1. The number of hydrogen-bond acceptors (Lipinski definition) is 3. The lowest BCUT2D eigenvalue weighted by Gasteiger charge is -2.12. The van der Waals surface area contributed by atoms with E-state index in [4.69, 9.17) is 4.74 Å². The lowest BCUT2D eigenvalue weighted by Crippen LogP contribution is -2.33. The largest absolute Gasteiger partial charge is 0.376 e. The molecule has 0 bridgehead atoms. The molecule has 1 amide bonds. The van der Waals surface area contributed by atoms with Crippen LogP contribution in [0.2, 0.25) is 0 Å². The van der Waals surface area contributed by atoms with E-state index in [0.717, 1.165) is 0 Å². The van der Waals surface area contributed by atoms with Crippen molar-refractivity contribution in [3.8, 4) is 0 Å². The first kappa shape index (κ1) is 11.9. The minimum absolute atomic E-state index is 0.0247. The third kappa shape index (κ3) is 4.33. The predicted octanol–water partition coefficient (Wildman–Crippen LogP) is 1.38. The Hall–Kier alpha value is -0.220. The zero-order valence-electron chi connectivity index (χ0n) is 8.66. The molecule has 1 N–H and O–H groups in total. The second-order valence-electron chi connectivity index (χ2n) is 3.74. The molecule has 1 aliphatic carbocycles. The lowest BCUT2D eigenvalue weighted by molar-refractivity contribution is -0.120. The summed E-state index contributed by atoms with van der Waals surface area (Å²) in [5, 5.41) is 2.53. The number of amides is 1. The van der Waals surface area contributed by atoms with Crippen LogP contribution in [0, 0.1) is 0 Å². The molecule has 0 aromatic carbocycles. The highest BCUT2D eigenvalue weighted by atomic mass is 32.1. The summed E-state index contributed by atoms with van der Waals surface area (Å²) in [7, 11) is 0. The van der Waals surface area contributed by atoms with Crippen LogP contribution in [0.1, 0.15) is 32.6 Å². The summed E-state index contributed by atoms with van der Waals surface area (Å²) >= 11 is 4.03. The van der Waals surface area contributed by atoms with Gasteiger partial charge < -0.3 is 10.1 Å². The van der Waals surface area contributed by atoms with Crippen molar-refractivity contribution in [1.29, 1.82) is 0 Å². The Labute approximate surface area is 91.0 Å². The van der Waals surface area contributed by atoms with E-state index in [1.807, 2.05) is 0 Å². The van der Waals surface area contributed by atoms with E-state index in [1.54, 1.807) is 6.92 Å². The number of hydrogen-bond donors (Lipinski definition) is 2. The molecular formula is C10H19NO2S. The normalized spacial score (nSPS) is 19.6. The molecule has 0 spiro atoms. The molecule has 0 radical (unpaired) electrons. The Morgan fingerprint density at radius 2 is 2.21 bits per heavy atom. The third-order valence-corrected chi connectivity index (χ3v) is 2.67. The van der Waals surface area contributed by atoms with Crippen molar-refractivity contribution < 1.29 is 9.53 Å². The summed E-state index contributed by atoms with van der Waals surface area (Å²) in [5.41, 5.74) is 0. The van der Waals surface area contributed by atoms with Crippen molar-refractivity contribution >= 4 is 18.5 Å². The van der Waals surface area contributed by atoms with Gasteiger partial charge in [0.05, 0.1) is 18.0 Å². The molecule has 4 heteroatoms. The van der Waals surface area contributed by atoms with Gasteiger partial charge in [-0.2, -0.15) is 12.6 Å². The van der Waals surface area contributed by atoms with Crippen molar-refractivity contribution in [2.24, 2.45) is 0 Å². The Kier molecular flexibility index (Phi) is 5.33. The fraction of sp³-hybridized carbons (Fsp3) is 0.900. The Morgan fingerprint density at radius 1 is 1.57 bits per heavy atom. The predicted molar refractivity (Wildman–Crippen MR) is 59.7 cm³/mol. The lowest BCUT2D eigenvalue weighted by atomic mass is 10.3. The fourth-order valence-corrected chi connectivity index (χ4v) is 1.69. The van der Waals surface area contributed by atoms with Gasteiger partial charge in [-0.1, -0.05) is 12.8 Å². The standard InChI is InChI=1S/C10H19NO2S/c1-8(14)10(12)11-6-7-13-9-4-2-3-5-9/h8-9,14H,2-7H2,1H3,(H,11,12). The van der Waals surface area contributed by atoms with Crippen LogP contribution in [-0.2, 0) is 9.53 Å². The smallest absolute Gasteiger partial charge is 0.232 e. The van der Waals surface area contributed by atoms with E-state index in [2.05, 4.69) is 17.9 Å². The van der Waals surface area contributed by atoms with Gasteiger partial charge in [-0.3, -0.25) is 4.79 Å². The Balaban J connectivity index is 1.96. The molecule has 1 fully saturated rings. The van der Waals surface area contributed by atoms with Gasteiger partial charge in [0.1, 0.15) is 0 Å². The molecule has 0 saturated heterocycles. The SMILES string of the molecule is CC(S)C(=O)NCCOC1CCCC1. The monoisotopic (exact) mass is 217 g/mol. The molecule has 1 aliphatic rings. The zero-order chi connectivity index (χ0) is 10.4. The van der Waals surface area contributed by atoms with E-state index in [-0.39, 0.29) is 11.2 Å². The van der Waals surface area contributed by atoms with Crippen LogP contribution < -0.4 is 5.32 Å². The molecule has 1 atom stereocenters. The first-order chi connectivity index (χ1) is 6.70. The molecule has 3 nitrogen and oxygen atoms in total. The second kappa shape index (κ2) is 6.30. The molecule has 0 aromatic rings. The average molecular weight is 217 g/mol. The van der Waals surface area contributed by atoms with Crippen molar-refractivity contribution in [3.63, 3.8) is 0 Å². The van der Waals surface area contributed by atoms with Gasteiger partial charge in [-0.05, 0) is 19.8 Å². The Bertz CT molecular complexity index is 179. The molecule has 14 heavy (non-hydrogen) atoms. The molecular weight excluding hydrogens is 198 g/mol. The molecule has 82 valence electrons. The molecule has 1 unspecified atom stereocenters. The fourth-order valence-electron chi connectivity index (χ4n) is 1.60. The summed E-state index contributed by atoms with van der Waals surface area (Å²) in [6.45, 7) is 2.98. The highest BCUT2D eigenvalue weighted by Crippen LogP contribution is 2.20. The minimum Gasteiger partial charge on any atom is -0.376 e. The van der Waals surface area contributed by atoms with E-state index in [9.17, 15) is 4.79 Å². The summed E-state index contributed by atoms with van der Waals surface area (Å²) in [6, 6.07) is 0. The number of thiol groups is 1. The first-order valence-electron chi connectivity index (χ1n) is 5.27. The quantitative estimate of drug-likeness (QED) is 0.539. The van der Waals surface area contributed by atoms with Crippen LogP contribution in [-0.4, -0.2) is 30.4 Å². The van der Waals surface area contributed by atoms with Gasteiger partial charge in [0.15, 0.2) is 0 Å². The Morgan fingerprint density at radius 3 is 2.79 bits per heavy atom. The van der Waals surface area contributed by atoms with Gasteiger partial charge in [0.2, 0.25) is 5.91 Å². The topological polar surface area (TPSA) is 38.3 Å². The van der Waals surface area contributed by atoms with Crippen LogP contribution in [0.3, 0.4) is 0 Å². The molecule has 0 aliphatic heterocycles. The van der Waals surface area contributed by atoms with Crippen LogP contribution in [0.25, 0.3) is 0 Å². The molecule has 1 saturated carbocycles. The van der Waals surface area contributed by atoms with Crippen LogP contribution in [0.5, 0.6) is 0 Å². The van der Waals surface area contributed by atoms with Gasteiger partial charge in [-0.15, -0.1) is 0 Å². The summed E-state index contributed by atoms with van der Waals surface area (Å²) in [5.74, 6) is -0.0247. The van der Waals surface area contributed by atoms with Crippen LogP contribution >= 0.6 is 12.6 Å². The second-order valence-corrected chi connectivity index (χ2v) is 4.52. The van der Waals surface area contributed by atoms with E-state index in [1.165, 1.54) is 25.7 Å². The van der Waals surface area contributed by atoms with Gasteiger partial charge in [-0.25, -0.2) is 0 Å². The van der Waals surface area contributed by atoms with Crippen molar-refractivity contribution in [1.82, 2.24) is 5.32 Å². The van der Waals surface area contributed by atoms with E-state index in [0.29, 0.717) is 19.3 Å². The summed E-state index contributed by atoms with van der Waals surface area (Å²) in [4.78, 5) is 11.1. The summed E-state index contributed by atoms with van der Waals surface area (Å²) < 4.78 is 5.59. The maximum Gasteiger partial charge on any atom is 0.232 e. The van der Waals surface area contributed by atoms with Gasteiger partial charge >= 0.3 is 0 Å².